The van der Waals surface area contributed by atoms with Crippen LogP contribution in [0.25, 0.3) is 0 Å². The molecule has 7 heteroatoms. The maximum Gasteiger partial charge on any atom is 0.264 e. The van der Waals surface area contributed by atoms with Crippen LogP contribution in [0.2, 0.25) is 0 Å². The van der Waals surface area contributed by atoms with Crippen molar-refractivity contribution >= 4 is 28.9 Å². The minimum atomic E-state index is -0.811. The molecule has 2 bridgehead atoms. The Morgan fingerprint density at radius 2 is 1.74 bits per heavy atom. The van der Waals surface area contributed by atoms with E-state index in [0.29, 0.717) is 34.3 Å². The Labute approximate surface area is 204 Å². The number of aryl methyl sites for hydroxylation is 1. The Hall–Kier alpha value is -3.58. The van der Waals surface area contributed by atoms with E-state index >= 15 is 0 Å². The van der Waals surface area contributed by atoms with E-state index in [9.17, 15) is 4.79 Å². The smallest absolute Gasteiger partial charge is 0.264 e. The van der Waals surface area contributed by atoms with Gasteiger partial charge >= 0.3 is 0 Å². The van der Waals surface area contributed by atoms with Gasteiger partial charge in [0.25, 0.3) is 5.91 Å². The molecule has 0 saturated carbocycles. The number of hydrogen-bond acceptors (Lipinski definition) is 5. The lowest BCUT2D eigenvalue weighted by Crippen LogP contribution is -2.67. The van der Waals surface area contributed by atoms with Crippen LogP contribution in [0.5, 0.6) is 17.2 Å². The number of amides is 1. The number of anilines is 1. The SMILES string of the molecule is COc1ccccc1C(=O)N1C(=S)N(c2cccc(C)c2)C2(C)CC1c1cccc(OC)c1O2. The first-order valence-corrected chi connectivity index (χ1v) is 11.5. The third kappa shape index (κ3) is 3.39. The number of ether oxygens (including phenoxy) is 3. The Bertz CT molecular complexity index is 1290. The maximum absolute atomic E-state index is 14.1. The molecule has 0 aliphatic carbocycles. The Balaban J connectivity index is 1.72. The van der Waals surface area contributed by atoms with Crippen molar-refractivity contribution in [2.24, 2.45) is 0 Å². The fraction of sp³-hybridized carbons (Fsp3) is 0.259. The summed E-state index contributed by atoms with van der Waals surface area (Å²) in [5.41, 5.74) is 2.46. The Morgan fingerprint density at radius 1 is 1.03 bits per heavy atom. The monoisotopic (exact) mass is 474 g/mol. The van der Waals surface area contributed by atoms with Gasteiger partial charge in [0.05, 0.1) is 25.8 Å². The molecule has 1 saturated heterocycles. The standard InChI is InChI=1S/C27H26N2O4S/c1-17-9-7-10-18(15-17)29-26(34)28(25(30)20-11-5-6-13-22(20)31-3)21-16-27(29,2)33-24-19(21)12-8-14-23(24)32-4/h5-15,21H,16H2,1-4H3. The van der Waals surface area contributed by atoms with E-state index in [-0.39, 0.29) is 11.9 Å². The molecule has 0 aromatic heterocycles. The molecule has 0 radical (unpaired) electrons. The molecular weight excluding hydrogens is 448 g/mol. The molecule has 2 heterocycles. The summed E-state index contributed by atoms with van der Waals surface area (Å²) >= 11 is 6.03. The normalized spacial score (nSPS) is 20.9. The second-order valence-electron chi connectivity index (χ2n) is 8.71. The topological polar surface area (TPSA) is 51.2 Å². The van der Waals surface area contributed by atoms with E-state index in [4.69, 9.17) is 26.4 Å². The highest BCUT2D eigenvalue weighted by molar-refractivity contribution is 7.80. The van der Waals surface area contributed by atoms with Crippen LogP contribution < -0.4 is 19.1 Å². The molecule has 0 spiro atoms. The predicted molar refractivity (Wildman–Crippen MR) is 135 cm³/mol. The summed E-state index contributed by atoms with van der Waals surface area (Å²) in [6, 6.07) is 20.7. The van der Waals surface area contributed by atoms with E-state index in [2.05, 4.69) is 0 Å². The van der Waals surface area contributed by atoms with Gasteiger partial charge in [-0.05, 0) is 62.0 Å². The number of benzene rings is 3. The van der Waals surface area contributed by atoms with Crippen LogP contribution in [-0.4, -0.2) is 35.9 Å². The first kappa shape index (κ1) is 22.2. The number of methoxy groups -OCH3 is 2. The van der Waals surface area contributed by atoms with Gasteiger partial charge in [0.15, 0.2) is 22.3 Å². The van der Waals surface area contributed by atoms with Gasteiger partial charge in [0, 0.05) is 17.7 Å². The predicted octanol–water partition coefficient (Wildman–Crippen LogP) is 5.50. The molecule has 5 rings (SSSR count). The van der Waals surface area contributed by atoms with Gasteiger partial charge < -0.3 is 14.2 Å². The molecule has 174 valence electrons. The number of para-hydroxylation sites is 2. The summed E-state index contributed by atoms with van der Waals surface area (Å²) in [7, 11) is 3.18. The molecule has 34 heavy (non-hydrogen) atoms. The maximum atomic E-state index is 14.1. The van der Waals surface area contributed by atoms with Gasteiger partial charge in [0.2, 0.25) is 0 Å². The molecule has 6 nitrogen and oxygen atoms in total. The first-order valence-electron chi connectivity index (χ1n) is 11.1. The van der Waals surface area contributed by atoms with E-state index in [1.807, 2.05) is 73.3 Å². The molecule has 3 aromatic carbocycles. The Morgan fingerprint density at radius 3 is 2.47 bits per heavy atom. The highest BCUT2D eigenvalue weighted by Crippen LogP contribution is 2.52. The van der Waals surface area contributed by atoms with E-state index in [0.717, 1.165) is 16.8 Å². The summed E-state index contributed by atoms with van der Waals surface area (Å²) < 4.78 is 17.7. The molecule has 1 fully saturated rings. The third-order valence-corrected chi connectivity index (χ3v) is 6.86. The number of nitrogens with zero attached hydrogens (tertiary/aromatic N) is 2. The molecular formula is C27H26N2O4S. The molecule has 2 unspecified atom stereocenters. The van der Waals surface area contributed by atoms with Crippen LogP contribution in [0.15, 0.2) is 66.7 Å². The van der Waals surface area contributed by atoms with Crippen LogP contribution >= 0.6 is 12.2 Å². The van der Waals surface area contributed by atoms with Crippen molar-refractivity contribution in [3.8, 4) is 17.2 Å². The Kier molecular flexibility index (Phi) is 5.44. The van der Waals surface area contributed by atoms with E-state index < -0.39 is 5.72 Å². The van der Waals surface area contributed by atoms with Crippen LogP contribution in [0.4, 0.5) is 5.69 Å². The number of fused-ring (bicyclic) bond motifs is 4. The summed E-state index contributed by atoms with van der Waals surface area (Å²) in [5, 5.41) is 0.383. The van der Waals surface area contributed by atoms with E-state index in [1.165, 1.54) is 0 Å². The highest BCUT2D eigenvalue weighted by Gasteiger charge is 2.54. The number of hydrogen-bond donors (Lipinski definition) is 0. The van der Waals surface area contributed by atoms with Gasteiger partial charge in [-0.1, -0.05) is 36.4 Å². The number of rotatable bonds is 4. The molecule has 0 N–H and O–H groups in total. The lowest BCUT2D eigenvalue weighted by molar-refractivity contribution is 0.0161. The molecule has 2 aliphatic heterocycles. The average molecular weight is 475 g/mol. The van der Waals surface area contributed by atoms with Crippen molar-refractivity contribution in [1.29, 1.82) is 0 Å². The summed E-state index contributed by atoms with van der Waals surface area (Å²) in [4.78, 5) is 17.7. The second kappa shape index (κ2) is 8.33. The van der Waals surface area contributed by atoms with Gasteiger partial charge in [-0.3, -0.25) is 14.6 Å². The van der Waals surface area contributed by atoms with E-state index in [1.54, 1.807) is 31.3 Å². The second-order valence-corrected chi connectivity index (χ2v) is 9.07. The van der Waals surface area contributed by atoms with Gasteiger partial charge in [-0.2, -0.15) is 0 Å². The molecule has 2 aliphatic rings. The third-order valence-electron chi connectivity index (χ3n) is 6.48. The van der Waals surface area contributed by atoms with Crippen molar-refractivity contribution < 1.29 is 19.0 Å². The van der Waals surface area contributed by atoms with Gasteiger partial charge in [0.1, 0.15) is 5.75 Å². The van der Waals surface area contributed by atoms with Crippen molar-refractivity contribution in [1.82, 2.24) is 4.90 Å². The quantitative estimate of drug-likeness (QED) is 0.466. The lowest BCUT2D eigenvalue weighted by Gasteiger charge is -2.55. The minimum absolute atomic E-state index is 0.220. The first-order chi connectivity index (χ1) is 16.4. The largest absolute Gasteiger partial charge is 0.496 e. The van der Waals surface area contributed by atoms with Crippen LogP contribution in [-0.2, 0) is 0 Å². The number of carbonyl (C=O) groups is 1. The zero-order chi connectivity index (χ0) is 24.0. The van der Waals surface area contributed by atoms with Crippen molar-refractivity contribution in [3.05, 3.63) is 83.4 Å². The van der Waals surface area contributed by atoms with Gasteiger partial charge in [-0.15, -0.1) is 0 Å². The van der Waals surface area contributed by atoms with Crippen LogP contribution in [0, 0.1) is 6.92 Å². The van der Waals surface area contributed by atoms with Crippen molar-refractivity contribution in [2.45, 2.75) is 32.0 Å². The summed E-state index contributed by atoms with van der Waals surface area (Å²) in [6.07, 6.45) is 0.530. The van der Waals surface area contributed by atoms with Crippen LogP contribution in [0.1, 0.15) is 40.9 Å². The fourth-order valence-corrected chi connectivity index (χ4v) is 5.44. The fourth-order valence-electron chi connectivity index (χ4n) is 4.94. The van der Waals surface area contributed by atoms with Crippen molar-refractivity contribution in [2.75, 3.05) is 19.1 Å². The minimum Gasteiger partial charge on any atom is -0.496 e. The van der Waals surface area contributed by atoms with Crippen molar-refractivity contribution in [3.63, 3.8) is 0 Å². The average Bonchev–Trinajstić information content (AvgIpc) is 2.83. The molecule has 3 aromatic rings. The van der Waals surface area contributed by atoms with Crippen LogP contribution in [0.3, 0.4) is 0 Å². The molecule has 2 atom stereocenters. The summed E-state index contributed by atoms with van der Waals surface area (Å²) in [6.45, 7) is 4.04. The zero-order valence-corrected chi connectivity index (χ0v) is 20.4. The zero-order valence-electron chi connectivity index (χ0n) is 19.6. The molecule has 1 amide bonds. The number of thiocarbonyl (C=S) groups is 1. The summed E-state index contributed by atoms with van der Waals surface area (Å²) in [5.74, 6) is 1.53. The lowest BCUT2D eigenvalue weighted by atomic mass is 9.88. The highest BCUT2D eigenvalue weighted by atomic mass is 32.1. The van der Waals surface area contributed by atoms with Gasteiger partial charge in [-0.25, -0.2) is 0 Å². The number of carbonyl (C=O) groups excluding carboxylic acids is 1.